The van der Waals surface area contributed by atoms with Crippen molar-refractivity contribution in [1.29, 1.82) is 0 Å². The van der Waals surface area contributed by atoms with E-state index in [-0.39, 0.29) is 0 Å². The number of aliphatic hydroxyl groups is 2. The second-order valence-electron chi connectivity index (χ2n) is 6.77. The Bertz CT molecular complexity index is 749. The minimum absolute atomic E-state index is 0.295. The molecule has 0 radical (unpaired) electrons. The first-order valence-corrected chi connectivity index (χ1v) is 8.74. The first kappa shape index (κ1) is 20.7. The van der Waals surface area contributed by atoms with E-state index in [0.29, 0.717) is 18.4 Å². The van der Waals surface area contributed by atoms with Gasteiger partial charge in [0.15, 0.2) is 0 Å². The molecule has 1 aromatic carbocycles. The van der Waals surface area contributed by atoms with Crippen molar-refractivity contribution >= 4 is 5.97 Å². The molecule has 0 aromatic heterocycles. The molecule has 0 aliphatic heterocycles. The molecule has 0 saturated heterocycles. The maximum absolute atomic E-state index is 11.7. The molecule has 0 saturated carbocycles. The van der Waals surface area contributed by atoms with Crippen LogP contribution in [0.5, 0.6) is 5.75 Å². The van der Waals surface area contributed by atoms with Gasteiger partial charge >= 0.3 is 11.5 Å². The summed E-state index contributed by atoms with van der Waals surface area (Å²) in [6.45, 7) is 11.0. The summed E-state index contributed by atoms with van der Waals surface area (Å²) in [6.07, 6.45) is 2.50. The highest BCUT2D eigenvalue weighted by Gasteiger charge is 2.55. The highest BCUT2D eigenvalue weighted by molar-refractivity contribution is 5.70. The molecule has 4 unspecified atom stereocenters. The molecule has 1 aliphatic carbocycles. The number of benzene rings is 1. The second kappa shape index (κ2) is 8.85. The van der Waals surface area contributed by atoms with Gasteiger partial charge in [0.05, 0.1) is 25.6 Å². The van der Waals surface area contributed by atoms with E-state index in [1.54, 1.807) is 19.3 Å². The van der Waals surface area contributed by atoms with Crippen LogP contribution in [-0.2, 0) is 16.0 Å². The Labute approximate surface area is 159 Å². The van der Waals surface area contributed by atoms with Crippen molar-refractivity contribution < 1.29 is 24.5 Å². The molecular formula is C21H26NO5+. The van der Waals surface area contributed by atoms with Crippen molar-refractivity contribution in [2.24, 2.45) is 5.92 Å². The van der Waals surface area contributed by atoms with E-state index in [4.69, 9.17) is 21.2 Å². The lowest BCUT2D eigenvalue weighted by atomic mass is 9.68. The largest absolute Gasteiger partial charge is 0.497 e. The van der Waals surface area contributed by atoms with Crippen molar-refractivity contribution in [1.82, 2.24) is 0 Å². The smallest absolute Gasteiger partial charge is 0.332 e. The molecule has 27 heavy (non-hydrogen) atoms. The van der Waals surface area contributed by atoms with Gasteiger partial charge in [-0.2, -0.15) is 0 Å². The topological polar surface area (TPSA) is 80.3 Å². The number of carbonyl (C=O) groups is 1. The molecule has 2 rings (SSSR count). The molecule has 0 amide bonds. The van der Waals surface area contributed by atoms with Gasteiger partial charge in [0.25, 0.3) is 6.57 Å². The van der Waals surface area contributed by atoms with Crippen LogP contribution < -0.4 is 4.74 Å². The van der Waals surface area contributed by atoms with Gasteiger partial charge in [0, 0.05) is 5.57 Å². The van der Waals surface area contributed by atoms with E-state index in [1.165, 1.54) is 0 Å². The SMILES string of the molecule is C#[N+]C(Cc1ccc(OC)cc1)(C(=C)C)C1CC(O)C=CC1OC(=O)CO. The lowest BCUT2D eigenvalue weighted by Crippen LogP contribution is -2.48. The van der Waals surface area contributed by atoms with Crippen LogP contribution in [0, 0.1) is 12.5 Å². The fourth-order valence-corrected chi connectivity index (χ4v) is 3.53. The average Bonchev–Trinajstić information content (AvgIpc) is 2.67. The minimum atomic E-state index is -0.958. The summed E-state index contributed by atoms with van der Waals surface area (Å²) < 4.78 is 10.6. The molecule has 0 heterocycles. The van der Waals surface area contributed by atoms with Gasteiger partial charge in [-0.1, -0.05) is 29.6 Å². The predicted octanol–water partition coefficient (Wildman–Crippen LogP) is 2.36. The van der Waals surface area contributed by atoms with E-state index in [0.717, 1.165) is 11.3 Å². The second-order valence-corrected chi connectivity index (χ2v) is 6.77. The number of hydrogen-bond donors (Lipinski definition) is 2. The summed E-state index contributed by atoms with van der Waals surface area (Å²) in [5.74, 6) is -0.448. The van der Waals surface area contributed by atoms with E-state index >= 15 is 0 Å². The Balaban J connectivity index is 2.42. The van der Waals surface area contributed by atoms with Crippen LogP contribution in [0.3, 0.4) is 0 Å². The first-order chi connectivity index (χ1) is 12.9. The number of methoxy groups -OCH3 is 1. The Morgan fingerprint density at radius 1 is 1.37 bits per heavy atom. The number of carbonyl (C=O) groups excluding carboxylic acids is 1. The Kier molecular flexibility index (Phi) is 6.78. The number of nitrogens with zero attached hydrogens (tertiary/aromatic N) is 1. The van der Waals surface area contributed by atoms with Crippen molar-refractivity contribution in [3.05, 3.63) is 59.0 Å². The van der Waals surface area contributed by atoms with Crippen LogP contribution in [0.25, 0.3) is 4.85 Å². The van der Waals surface area contributed by atoms with Crippen LogP contribution in [0.15, 0.2) is 48.6 Å². The lowest BCUT2D eigenvalue weighted by molar-refractivity contribution is -0.154. The molecule has 144 valence electrons. The maximum Gasteiger partial charge on any atom is 0.332 e. The summed E-state index contributed by atoms with van der Waals surface area (Å²) in [7, 11) is 1.60. The fraction of sp³-hybridized carbons (Fsp3) is 0.429. The average molecular weight is 372 g/mol. The number of hydrogen-bond acceptors (Lipinski definition) is 5. The third kappa shape index (κ3) is 4.57. The highest BCUT2D eigenvalue weighted by Crippen LogP contribution is 2.41. The van der Waals surface area contributed by atoms with Crippen LogP contribution in [-0.4, -0.2) is 47.6 Å². The quantitative estimate of drug-likeness (QED) is 0.567. The molecule has 6 nitrogen and oxygen atoms in total. The molecule has 1 aliphatic rings. The molecule has 2 N–H and O–H groups in total. The summed E-state index contributed by atoms with van der Waals surface area (Å²) in [5, 5.41) is 19.2. The summed E-state index contributed by atoms with van der Waals surface area (Å²) in [6, 6.07) is 7.50. The van der Waals surface area contributed by atoms with E-state index in [9.17, 15) is 9.90 Å². The Morgan fingerprint density at radius 2 is 2.04 bits per heavy atom. The highest BCUT2D eigenvalue weighted by atomic mass is 16.6. The zero-order chi connectivity index (χ0) is 20.0. The third-order valence-electron chi connectivity index (χ3n) is 5.03. The van der Waals surface area contributed by atoms with Gasteiger partial charge < -0.3 is 19.7 Å². The number of ether oxygens (including phenoxy) is 2. The van der Waals surface area contributed by atoms with Crippen molar-refractivity contribution in [2.75, 3.05) is 13.7 Å². The normalized spacial score (nSPS) is 23.7. The standard InChI is InChI=1S/C21H26NO5/c1-14(2)21(22-3,12-15-5-8-17(26-4)9-6-15)18-11-16(24)7-10-19(18)27-20(25)13-23/h3,5-10,16,18-19,23-24H,1,11-13H2,2,4H3/q+1. The van der Waals surface area contributed by atoms with E-state index in [2.05, 4.69) is 11.4 Å². The first-order valence-electron chi connectivity index (χ1n) is 8.74. The number of aliphatic hydroxyl groups excluding tert-OH is 2. The van der Waals surface area contributed by atoms with Crippen molar-refractivity contribution in [3.63, 3.8) is 0 Å². The van der Waals surface area contributed by atoms with Crippen LogP contribution in [0.4, 0.5) is 0 Å². The van der Waals surface area contributed by atoms with Crippen LogP contribution in [0.2, 0.25) is 0 Å². The molecule has 6 heteroatoms. The van der Waals surface area contributed by atoms with Crippen molar-refractivity contribution in [2.45, 2.75) is 37.5 Å². The van der Waals surface area contributed by atoms with Crippen molar-refractivity contribution in [3.8, 4) is 12.3 Å². The predicted molar refractivity (Wildman–Crippen MR) is 103 cm³/mol. The molecule has 1 aromatic rings. The molecule has 0 spiro atoms. The van der Waals surface area contributed by atoms with Gasteiger partial charge in [-0.3, -0.25) is 0 Å². The van der Waals surface area contributed by atoms with E-state index < -0.39 is 36.2 Å². The third-order valence-corrected chi connectivity index (χ3v) is 5.03. The fourth-order valence-electron chi connectivity index (χ4n) is 3.53. The van der Waals surface area contributed by atoms with E-state index in [1.807, 2.05) is 31.2 Å². The van der Waals surface area contributed by atoms with Gasteiger partial charge in [-0.15, -0.1) is 0 Å². The molecule has 0 fully saturated rings. The minimum Gasteiger partial charge on any atom is -0.497 e. The summed E-state index contributed by atoms with van der Waals surface area (Å²) >= 11 is 0. The lowest BCUT2D eigenvalue weighted by Gasteiger charge is -2.35. The zero-order valence-electron chi connectivity index (χ0n) is 15.7. The number of rotatable bonds is 7. The van der Waals surface area contributed by atoms with Gasteiger partial charge in [0.1, 0.15) is 18.5 Å². The Hall–Kier alpha value is -2.62. The van der Waals surface area contributed by atoms with Gasteiger partial charge in [-0.05, 0) is 37.1 Å². The molecule has 0 bridgehead atoms. The van der Waals surface area contributed by atoms with Gasteiger partial charge in [-0.25, -0.2) is 4.79 Å². The zero-order valence-corrected chi connectivity index (χ0v) is 15.7. The summed E-state index contributed by atoms with van der Waals surface area (Å²) in [4.78, 5) is 15.8. The number of esters is 1. The summed E-state index contributed by atoms with van der Waals surface area (Å²) in [5.41, 5.74) is 0.684. The van der Waals surface area contributed by atoms with Crippen LogP contribution >= 0.6 is 0 Å². The van der Waals surface area contributed by atoms with Gasteiger partial charge in [0.2, 0.25) is 0 Å². The monoisotopic (exact) mass is 372 g/mol. The van der Waals surface area contributed by atoms with Crippen LogP contribution in [0.1, 0.15) is 18.9 Å². The molecular weight excluding hydrogens is 346 g/mol. The molecule has 4 atom stereocenters. The Morgan fingerprint density at radius 3 is 2.56 bits per heavy atom. The maximum atomic E-state index is 11.7.